The Balaban J connectivity index is 1.54. The topological polar surface area (TPSA) is 6.48 Å². The van der Waals surface area contributed by atoms with Crippen LogP contribution in [0.5, 0.6) is 0 Å². The van der Waals surface area contributed by atoms with Crippen molar-refractivity contribution in [3.8, 4) is 0 Å². The third kappa shape index (κ3) is 7.49. The molecule has 0 radical (unpaired) electrons. The standard InChI is InChI=1S/C35H42N2/c1-5-28(2)19-20-30-15-12-18-35(25-30)37(29(3)33-16-10-7-11-17-33)27-32-21-23-34(24-22-32)36(4)26-31-13-8-6-9-14-31/h6,8-9,12-15,18-25,33H,2-3,5,7,10-11,16-17,26-27H2,1,4H3/b20-19+. The number of hydrogen-bond donors (Lipinski definition) is 0. The molecule has 0 amide bonds. The first-order chi connectivity index (χ1) is 18.0. The van der Waals surface area contributed by atoms with Crippen LogP contribution >= 0.6 is 0 Å². The van der Waals surface area contributed by atoms with Crippen molar-refractivity contribution < 1.29 is 0 Å². The molecule has 2 heteroatoms. The lowest BCUT2D eigenvalue weighted by molar-refractivity contribution is 0.396. The first kappa shape index (κ1) is 26.5. The molecule has 1 aliphatic rings. The molecule has 0 heterocycles. The molecule has 192 valence electrons. The lowest BCUT2D eigenvalue weighted by Gasteiger charge is -2.34. The summed E-state index contributed by atoms with van der Waals surface area (Å²) in [4.78, 5) is 4.75. The predicted octanol–water partition coefficient (Wildman–Crippen LogP) is 9.40. The summed E-state index contributed by atoms with van der Waals surface area (Å²) < 4.78 is 0. The molecule has 0 atom stereocenters. The molecule has 0 aromatic heterocycles. The minimum Gasteiger partial charge on any atom is -0.370 e. The molecule has 1 saturated carbocycles. The van der Waals surface area contributed by atoms with E-state index in [0.29, 0.717) is 5.92 Å². The van der Waals surface area contributed by atoms with E-state index in [-0.39, 0.29) is 0 Å². The number of anilines is 2. The second-order valence-corrected chi connectivity index (χ2v) is 10.4. The van der Waals surface area contributed by atoms with Gasteiger partial charge in [0.1, 0.15) is 0 Å². The van der Waals surface area contributed by atoms with Gasteiger partial charge in [0.2, 0.25) is 0 Å². The van der Waals surface area contributed by atoms with Gasteiger partial charge in [-0.1, -0.05) is 112 Å². The molecule has 1 aliphatic carbocycles. The molecule has 0 N–H and O–H groups in total. The Bertz CT molecular complexity index is 1180. The average Bonchev–Trinajstić information content (AvgIpc) is 2.95. The third-order valence-electron chi connectivity index (χ3n) is 7.55. The van der Waals surface area contributed by atoms with Crippen LogP contribution in [0.15, 0.2) is 109 Å². The summed E-state index contributed by atoms with van der Waals surface area (Å²) in [6, 6.07) is 28.5. The summed E-state index contributed by atoms with van der Waals surface area (Å²) in [5.74, 6) is 0.559. The smallest absolute Gasteiger partial charge is 0.0478 e. The van der Waals surface area contributed by atoms with Crippen molar-refractivity contribution in [2.24, 2.45) is 5.92 Å². The van der Waals surface area contributed by atoms with Gasteiger partial charge in [0.25, 0.3) is 0 Å². The van der Waals surface area contributed by atoms with Gasteiger partial charge in [-0.15, -0.1) is 0 Å². The van der Waals surface area contributed by atoms with Crippen molar-refractivity contribution in [1.29, 1.82) is 0 Å². The molecule has 3 aromatic rings. The van der Waals surface area contributed by atoms with Crippen molar-refractivity contribution in [2.75, 3.05) is 16.8 Å². The predicted molar refractivity (Wildman–Crippen MR) is 162 cm³/mol. The van der Waals surface area contributed by atoms with Crippen LogP contribution in [0.3, 0.4) is 0 Å². The highest BCUT2D eigenvalue weighted by atomic mass is 15.1. The van der Waals surface area contributed by atoms with E-state index in [1.165, 1.54) is 65.9 Å². The largest absolute Gasteiger partial charge is 0.370 e. The van der Waals surface area contributed by atoms with Crippen molar-refractivity contribution in [2.45, 2.75) is 58.5 Å². The van der Waals surface area contributed by atoms with Gasteiger partial charge in [-0.25, -0.2) is 0 Å². The number of rotatable bonds is 11. The van der Waals surface area contributed by atoms with Gasteiger partial charge in [-0.3, -0.25) is 0 Å². The zero-order chi connectivity index (χ0) is 26.0. The highest BCUT2D eigenvalue weighted by Gasteiger charge is 2.22. The van der Waals surface area contributed by atoms with Gasteiger partial charge in [0.15, 0.2) is 0 Å². The number of nitrogens with zero attached hydrogens (tertiary/aromatic N) is 2. The van der Waals surface area contributed by atoms with Crippen molar-refractivity contribution in [3.05, 3.63) is 126 Å². The molecule has 0 spiro atoms. The summed E-state index contributed by atoms with van der Waals surface area (Å²) in [6.45, 7) is 12.6. The molecule has 0 unspecified atom stereocenters. The Morgan fingerprint density at radius 1 is 0.811 bits per heavy atom. The first-order valence-electron chi connectivity index (χ1n) is 13.8. The second-order valence-electron chi connectivity index (χ2n) is 10.4. The SMILES string of the molecule is C=C(/C=C/c1cccc(N(Cc2ccc(N(C)Cc3ccccc3)cc2)C(=C)C2CCCCC2)c1)CC. The van der Waals surface area contributed by atoms with Crippen LogP contribution < -0.4 is 9.80 Å². The Morgan fingerprint density at radius 3 is 2.22 bits per heavy atom. The summed E-state index contributed by atoms with van der Waals surface area (Å²) in [6.07, 6.45) is 11.7. The van der Waals surface area contributed by atoms with E-state index in [4.69, 9.17) is 0 Å². The zero-order valence-electron chi connectivity index (χ0n) is 22.7. The maximum Gasteiger partial charge on any atom is 0.0478 e. The minimum absolute atomic E-state index is 0.559. The van der Waals surface area contributed by atoms with E-state index < -0.39 is 0 Å². The fourth-order valence-corrected chi connectivity index (χ4v) is 5.13. The zero-order valence-corrected chi connectivity index (χ0v) is 22.7. The van der Waals surface area contributed by atoms with Gasteiger partial charge in [-0.05, 0) is 66.1 Å². The normalized spacial score (nSPS) is 14.0. The first-order valence-corrected chi connectivity index (χ1v) is 13.8. The molecule has 2 nitrogen and oxygen atoms in total. The van der Waals surface area contributed by atoms with E-state index in [2.05, 4.69) is 128 Å². The average molecular weight is 491 g/mol. The summed E-state index contributed by atoms with van der Waals surface area (Å²) >= 11 is 0. The van der Waals surface area contributed by atoms with Crippen LogP contribution in [-0.4, -0.2) is 7.05 Å². The molecule has 0 aliphatic heterocycles. The fraction of sp³-hybridized carbons (Fsp3) is 0.314. The lowest BCUT2D eigenvalue weighted by Crippen LogP contribution is -2.27. The third-order valence-corrected chi connectivity index (χ3v) is 7.55. The van der Waals surface area contributed by atoms with Crippen molar-refractivity contribution in [3.63, 3.8) is 0 Å². The molecule has 3 aromatic carbocycles. The van der Waals surface area contributed by atoms with E-state index in [1.807, 2.05) is 0 Å². The van der Waals surface area contributed by atoms with E-state index in [9.17, 15) is 0 Å². The quantitative estimate of drug-likeness (QED) is 0.247. The number of hydrogen-bond acceptors (Lipinski definition) is 2. The van der Waals surface area contributed by atoms with Crippen LogP contribution in [0, 0.1) is 5.92 Å². The van der Waals surface area contributed by atoms with Crippen LogP contribution in [-0.2, 0) is 13.1 Å². The molecular weight excluding hydrogens is 448 g/mol. The Labute approximate surface area is 224 Å². The summed E-state index contributed by atoms with van der Waals surface area (Å²) in [5, 5.41) is 0. The van der Waals surface area contributed by atoms with Crippen molar-refractivity contribution in [1.82, 2.24) is 0 Å². The van der Waals surface area contributed by atoms with Crippen molar-refractivity contribution >= 4 is 17.5 Å². The van der Waals surface area contributed by atoms with Gasteiger partial charge < -0.3 is 9.80 Å². The maximum atomic E-state index is 4.65. The van der Waals surface area contributed by atoms with Crippen LogP contribution in [0.4, 0.5) is 11.4 Å². The van der Waals surface area contributed by atoms with Crippen LogP contribution in [0.2, 0.25) is 0 Å². The van der Waals surface area contributed by atoms with E-state index in [1.54, 1.807) is 0 Å². The number of allylic oxidation sites excluding steroid dienone is 3. The van der Waals surface area contributed by atoms with Gasteiger partial charge >= 0.3 is 0 Å². The molecular formula is C35H42N2. The van der Waals surface area contributed by atoms with E-state index in [0.717, 1.165) is 25.1 Å². The lowest BCUT2D eigenvalue weighted by atomic mass is 9.86. The van der Waals surface area contributed by atoms with Gasteiger partial charge in [0, 0.05) is 37.2 Å². The van der Waals surface area contributed by atoms with E-state index >= 15 is 0 Å². The molecule has 1 fully saturated rings. The molecule has 0 saturated heterocycles. The highest BCUT2D eigenvalue weighted by molar-refractivity contribution is 5.62. The van der Waals surface area contributed by atoms with Gasteiger partial charge in [0.05, 0.1) is 0 Å². The minimum atomic E-state index is 0.559. The van der Waals surface area contributed by atoms with Gasteiger partial charge in [-0.2, -0.15) is 0 Å². The monoisotopic (exact) mass is 490 g/mol. The summed E-state index contributed by atoms with van der Waals surface area (Å²) in [7, 11) is 2.16. The highest BCUT2D eigenvalue weighted by Crippen LogP contribution is 2.34. The summed E-state index contributed by atoms with van der Waals surface area (Å²) in [5.41, 5.74) is 8.66. The Kier molecular flexibility index (Phi) is 9.43. The second kappa shape index (κ2) is 13.1. The Hall–Kier alpha value is -3.52. The fourth-order valence-electron chi connectivity index (χ4n) is 5.13. The van der Waals surface area contributed by atoms with Crippen LogP contribution in [0.25, 0.3) is 6.08 Å². The maximum absolute atomic E-state index is 4.65. The number of benzene rings is 3. The molecule has 0 bridgehead atoms. The molecule has 37 heavy (non-hydrogen) atoms. The Morgan fingerprint density at radius 2 is 1.51 bits per heavy atom. The van der Waals surface area contributed by atoms with Crippen LogP contribution in [0.1, 0.15) is 62.1 Å². The molecule has 4 rings (SSSR count).